The van der Waals surface area contributed by atoms with E-state index in [1.54, 1.807) is 0 Å². The molecule has 0 unspecified atom stereocenters. The van der Waals surface area contributed by atoms with E-state index < -0.39 is 0 Å². The second-order valence-corrected chi connectivity index (χ2v) is 9.72. The van der Waals surface area contributed by atoms with Crippen molar-refractivity contribution in [3.8, 4) is 0 Å². The highest BCUT2D eigenvalue weighted by atomic mass is 15.1. The lowest BCUT2D eigenvalue weighted by Crippen LogP contribution is -2.24. The largest absolute Gasteiger partial charge is 0.356 e. The molecule has 0 amide bonds. The summed E-state index contributed by atoms with van der Waals surface area (Å²) in [5.74, 6) is 1.55. The van der Waals surface area contributed by atoms with Gasteiger partial charge in [0.1, 0.15) is 11.7 Å². The Kier molecular flexibility index (Phi) is 6.06. The number of rotatable bonds is 6. The first-order valence-corrected chi connectivity index (χ1v) is 10.5. The van der Waals surface area contributed by atoms with Gasteiger partial charge in [-0.15, -0.1) is 0 Å². The van der Waals surface area contributed by atoms with Gasteiger partial charge in [-0.1, -0.05) is 72.1 Å². The number of allylic oxidation sites excluding steroid dienone is 3. The molecule has 1 aliphatic carbocycles. The van der Waals surface area contributed by atoms with Gasteiger partial charge >= 0.3 is 0 Å². The number of hydrogen-bond donors (Lipinski definition) is 3. The molecule has 0 bridgehead atoms. The van der Waals surface area contributed by atoms with Crippen LogP contribution in [0.4, 0.5) is 5.69 Å². The van der Waals surface area contributed by atoms with E-state index in [1.807, 2.05) is 24.3 Å². The lowest BCUT2D eigenvalue weighted by atomic mass is 9.85. The molecule has 0 spiro atoms. The third kappa shape index (κ3) is 5.76. The van der Waals surface area contributed by atoms with E-state index >= 15 is 0 Å². The first-order chi connectivity index (χ1) is 14.0. The maximum atomic E-state index is 4.55. The van der Waals surface area contributed by atoms with Crippen LogP contribution in [0.3, 0.4) is 0 Å². The van der Waals surface area contributed by atoms with E-state index in [1.165, 1.54) is 5.57 Å². The van der Waals surface area contributed by atoms with Crippen LogP contribution in [0.5, 0.6) is 0 Å². The molecule has 0 radical (unpaired) electrons. The van der Waals surface area contributed by atoms with Gasteiger partial charge < -0.3 is 16.0 Å². The summed E-state index contributed by atoms with van der Waals surface area (Å²) in [5.41, 5.74) is 5.67. The van der Waals surface area contributed by atoms with Gasteiger partial charge in [0.2, 0.25) is 0 Å². The minimum absolute atomic E-state index is 0.133. The Labute approximate surface area is 181 Å². The molecule has 0 atom stereocenters. The molecular formula is C26H34N4. The maximum absolute atomic E-state index is 4.55. The summed E-state index contributed by atoms with van der Waals surface area (Å²) in [6.45, 7) is 20.1. The molecule has 1 aromatic rings. The number of nitrogens with one attached hydrogen (secondary N) is 3. The summed E-state index contributed by atoms with van der Waals surface area (Å²) in [7, 11) is 0. The molecule has 4 heteroatoms. The van der Waals surface area contributed by atoms with E-state index in [4.69, 9.17) is 0 Å². The van der Waals surface area contributed by atoms with Crippen LogP contribution in [0, 0.1) is 10.8 Å². The van der Waals surface area contributed by atoms with Crippen molar-refractivity contribution in [1.29, 1.82) is 0 Å². The van der Waals surface area contributed by atoms with Crippen LogP contribution in [-0.2, 0) is 0 Å². The normalized spacial score (nSPS) is 17.6. The number of hydrogen-bond acceptors (Lipinski definition) is 4. The van der Waals surface area contributed by atoms with E-state index in [0.717, 1.165) is 41.4 Å². The highest BCUT2D eigenvalue weighted by Crippen LogP contribution is 2.29. The molecule has 1 heterocycles. The molecule has 0 saturated heterocycles. The van der Waals surface area contributed by atoms with E-state index in [2.05, 4.69) is 93.0 Å². The van der Waals surface area contributed by atoms with Crippen molar-refractivity contribution in [3.63, 3.8) is 0 Å². The van der Waals surface area contributed by atoms with Gasteiger partial charge in [0.15, 0.2) is 0 Å². The Morgan fingerprint density at radius 2 is 1.73 bits per heavy atom. The number of benzene rings is 1. The second-order valence-electron chi connectivity index (χ2n) is 9.72. The molecule has 0 aromatic heterocycles. The lowest BCUT2D eigenvalue weighted by molar-refractivity contribution is 0.480. The van der Waals surface area contributed by atoms with Crippen molar-refractivity contribution in [2.24, 2.45) is 15.8 Å². The van der Waals surface area contributed by atoms with Crippen molar-refractivity contribution in [2.75, 3.05) is 11.9 Å². The molecule has 158 valence electrons. The van der Waals surface area contributed by atoms with Crippen LogP contribution in [0.15, 0.2) is 83.8 Å². The van der Waals surface area contributed by atoms with Gasteiger partial charge in [0.05, 0.1) is 6.54 Å². The minimum Gasteiger partial charge on any atom is -0.356 e. The van der Waals surface area contributed by atoms with Crippen LogP contribution in [0.2, 0.25) is 0 Å². The van der Waals surface area contributed by atoms with Crippen molar-refractivity contribution in [1.82, 2.24) is 10.6 Å². The molecule has 2 aliphatic rings. The molecular weight excluding hydrogens is 368 g/mol. The van der Waals surface area contributed by atoms with Crippen LogP contribution in [0.25, 0.3) is 5.70 Å². The summed E-state index contributed by atoms with van der Waals surface area (Å²) in [5, 5.41) is 9.95. The third-order valence-corrected chi connectivity index (χ3v) is 5.36. The predicted molar refractivity (Wildman–Crippen MR) is 130 cm³/mol. The van der Waals surface area contributed by atoms with Crippen molar-refractivity contribution in [3.05, 3.63) is 84.4 Å². The highest BCUT2D eigenvalue weighted by Gasteiger charge is 2.21. The molecule has 0 fully saturated rings. The van der Waals surface area contributed by atoms with Gasteiger partial charge in [-0.3, -0.25) is 4.99 Å². The zero-order valence-corrected chi connectivity index (χ0v) is 18.9. The Morgan fingerprint density at radius 3 is 2.30 bits per heavy atom. The Balaban J connectivity index is 1.53. The smallest absolute Gasteiger partial charge is 0.126 e. The first kappa shape index (κ1) is 21.7. The highest BCUT2D eigenvalue weighted by molar-refractivity contribution is 5.97. The third-order valence-electron chi connectivity index (χ3n) is 5.36. The van der Waals surface area contributed by atoms with Gasteiger partial charge in [-0.25, -0.2) is 0 Å². The van der Waals surface area contributed by atoms with Crippen LogP contribution < -0.4 is 16.0 Å². The number of aliphatic imine (C=N–C) groups is 1. The molecule has 1 aliphatic heterocycles. The standard InChI is InChI=1S/C26H34N4/c1-18(28-23-12-14-26(6,7)15-13-23)20-8-10-22(11-9-20)29-19(2)30-24-16-21(17-27-24)25(3,4)5/h8-14,16,28-29H,1-2,15,17H2,3-7H3,(H,27,30). The van der Waals surface area contributed by atoms with Gasteiger partial charge in [-0.05, 0) is 52.7 Å². The van der Waals surface area contributed by atoms with E-state index in [0.29, 0.717) is 5.82 Å². The van der Waals surface area contributed by atoms with Crippen molar-refractivity contribution in [2.45, 2.75) is 41.0 Å². The average Bonchev–Trinajstić information content (AvgIpc) is 3.13. The molecule has 3 rings (SSSR count). The quantitative estimate of drug-likeness (QED) is 0.549. The molecule has 4 nitrogen and oxygen atoms in total. The van der Waals surface area contributed by atoms with Gasteiger partial charge in [0.25, 0.3) is 0 Å². The van der Waals surface area contributed by atoms with Gasteiger partial charge in [-0.2, -0.15) is 0 Å². The van der Waals surface area contributed by atoms with E-state index in [9.17, 15) is 0 Å². The van der Waals surface area contributed by atoms with Gasteiger partial charge in [0, 0.05) is 17.1 Å². The predicted octanol–water partition coefficient (Wildman–Crippen LogP) is 5.97. The fourth-order valence-corrected chi connectivity index (χ4v) is 3.23. The zero-order chi connectivity index (χ0) is 21.9. The topological polar surface area (TPSA) is 48.5 Å². The Hall–Kier alpha value is -3.01. The van der Waals surface area contributed by atoms with E-state index in [-0.39, 0.29) is 10.8 Å². The summed E-state index contributed by atoms with van der Waals surface area (Å²) < 4.78 is 0. The maximum Gasteiger partial charge on any atom is 0.126 e. The Bertz CT molecular complexity index is 948. The second kappa shape index (κ2) is 8.39. The fraction of sp³-hybridized carbons (Fsp3) is 0.346. The molecule has 1 aromatic carbocycles. The lowest BCUT2D eigenvalue weighted by Gasteiger charge is -2.23. The summed E-state index contributed by atoms with van der Waals surface area (Å²) in [6.07, 6.45) is 9.73. The van der Waals surface area contributed by atoms with Crippen LogP contribution in [-0.4, -0.2) is 12.4 Å². The van der Waals surface area contributed by atoms with Crippen LogP contribution >= 0.6 is 0 Å². The zero-order valence-electron chi connectivity index (χ0n) is 18.9. The minimum atomic E-state index is 0.133. The average molecular weight is 403 g/mol. The molecule has 3 N–H and O–H groups in total. The summed E-state index contributed by atoms with van der Waals surface area (Å²) >= 11 is 0. The van der Waals surface area contributed by atoms with Crippen molar-refractivity contribution < 1.29 is 0 Å². The molecule has 0 saturated carbocycles. The number of anilines is 1. The Morgan fingerprint density at radius 1 is 1.03 bits per heavy atom. The number of amidine groups is 1. The monoisotopic (exact) mass is 402 g/mol. The van der Waals surface area contributed by atoms with Crippen LogP contribution in [0.1, 0.15) is 46.6 Å². The fourth-order valence-electron chi connectivity index (χ4n) is 3.23. The summed E-state index contributed by atoms with van der Waals surface area (Å²) in [4.78, 5) is 4.55. The summed E-state index contributed by atoms with van der Waals surface area (Å²) in [6, 6.07) is 8.14. The SMILES string of the molecule is C=C(NC1=NCC(C(C)(C)C)=C1)Nc1ccc(C(=C)NC2=CCC(C)(C)C=C2)cc1. The molecule has 30 heavy (non-hydrogen) atoms. The first-order valence-electron chi connectivity index (χ1n) is 10.5. The van der Waals surface area contributed by atoms with Crippen molar-refractivity contribution >= 4 is 17.2 Å². The number of nitrogens with zero attached hydrogens (tertiary/aromatic N) is 1.